The fourth-order valence-corrected chi connectivity index (χ4v) is 3.38. The zero-order chi connectivity index (χ0) is 14.5. The van der Waals surface area contributed by atoms with E-state index in [-0.39, 0.29) is 17.8 Å². The van der Waals surface area contributed by atoms with E-state index in [1.165, 1.54) is 24.7 Å². The summed E-state index contributed by atoms with van der Waals surface area (Å²) in [5.74, 6) is -0.211. The second-order valence-corrected chi connectivity index (χ2v) is 7.40. The Morgan fingerprint density at radius 2 is 2.26 bits per heavy atom. The number of methoxy groups -OCH3 is 1. The molecular formula is C11H18N2O4S2. The van der Waals surface area contributed by atoms with Gasteiger partial charge in [-0.1, -0.05) is 0 Å². The quantitative estimate of drug-likeness (QED) is 0.759. The molecule has 0 aliphatic heterocycles. The lowest BCUT2D eigenvalue weighted by Gasteiger charge is -2.10. The van der Waals surface area contributed by atoms with Gasteiger partial charge in [0.25, 0.3) is 0 Å². The largest absolute Gasteiger partial charge is 0.469 e. The maximum atomic E-state index is 11.1. The Hall–Kier alpha value is -1.15. The number of nitrogens with zero attached hydrogens (tertiary/aromatic N) is 1. The summed E-state index contributed by atoms with van der Waals surface area (Å²) in [6.07, 6.45) is 2.01. The van der Waals surface area contributed by atoms with Crippen molar-refractivity contribution in [2.24, 2.45) is 0 Å². The average Bonchev–Trinajstić information content (AvgIpc) is 2.70. The van der Waals surface area contributed by atoms with Crippen LogP contribution in [0.15, 0.2) is 5.38 Å². The predicted molar refractivity (Wildman–Crippen MR) is 75.2 cm³/mol. The molecule has 1 aromatic heterocycles. The van der Waals surface area contributed by atoms with Crippen molar-refractivity contribution in [1.29, 1.82) is 0 Å². The molecule has 0 aliphatic carbocycles. The molecule has 0 aromatic carbocycles. The Kier molecular flexibility index (Phi) is 5.74. The number of hydrogen-bond donors (Lipinski definition) is 1. The van der Waals surface area contributed by atoms with Crippen LogP contribution >= 0.6 is 11.3 Å². The van der Waals surface area contributed by atoms with Crippen molar-refractivity contribution in [3.05, 3.63) is 11.1 Å². The standard InChI is InChI=1S/C11H18N2O4S2/c1-8(7-19(3,15)16)12-11-13-9(6-18-11)4-5-10(14)17-2/h6,8H,4-5,7H2,1-3H3,(H,12,13). The summed E-state index contributed by atoms with van der Waals surface area (Å²) in [5, 5.41) is 5.54. The summed E-state index contributed by atoms with van der Waals surface area (Å²) >= 11 is 1.39. The van der Waals surface area contributed by atoms with Crippen molar-refractivity contribution in [1.82, 2.24) is 4.98 Å². The van der Waals surface area contributed by atoms with Crippen LogP contribution < -0.4 is 5.32 Å². The maximum absolute atomic E-state index is 11.1. The lowest BCUT2D eigenvalue weighted by atomic mass is 10.2. The first kappa shape index (κ1) is 15.9. The predicted octanol–water partition coefficient (Wildman–Crippen LogP) is 1.09. The monoisotopic (exact) mass is 306 g/mol. The summed E-state index contributed by atoms with van der Waals surface area (Å²) in [5.41, 5.74) is 0.796. The number of carbonyl (C=O) groups is 1. The number of esters is 1. The number of aromatic nitrogens is 1. The van der Waals surface area contributed by atoms with Crippen LogP contribution in [0.25, 0.3) is 0 Å². The Bertz CT molecular complexity index is 525. The van der Waals surface area contributed by atoms with Crippen molar-refractivity contribution in [3.8, 4) is 0 Å². The SMILES string of the molecule is COC(=O)CCc1csc(NC(C)CS(C)(=O)=O)n1. The van der Waals surface area contributed by atoms with Crippen LogP contribution in [0, 0.1) is 0 Å². The van der Waals surface area contributed by atoms with Crippen LogP contribution in [-0.2, 0) is 25.8 Å². The third kappa shape index (κ3) is 6.53. The molecule has 8 heteroatoms. The van der Waals surface area contributed by atoms with Crippen molar-refractivity contribution in [2.75, 3.05) is 24.4 Å². The molecule has 1 rings (SSSR count). The number of nitrogens with one attached hydrogen (secondary N) is 1. The topological polar surface area (TPSA) is 85.4 Å². The minimum Gasteiger partial charge on any atom is -0.469 e. The molecule has 6 nitrogen and oxygen atoms in total. The number of aryl methyl sites for hydroxylation is 1. The molecule has 0 amide bonds. The van der Waals surface area contributed by atoms with Gasteiger partial charge in [-0.15, -0.1) is 11.3 Å². The maximum Gasteiger partial charge on any atom is 0.305 e. The van der Waals surface area contributed by atoms with Gasteiger partial charge in [-0.25, -0.2) is 13.4 Å². The number of thiazole rings is 1. The second-order valence-electron chi connectivity index (χ2n) is 4.36. The minimum absolute atomic E-state index is 0.0596. The second kappa shape index (κ2) is 6.85. The highest BCUT2D eigenvalue weighted by molar-refractivity contribution is 7.90. The average molecular weight is 306 g/mol. The van der Waals surface area contributed by atoms with E-state index in [2.05, 4.69) is 15.0 Å². The van der Waals surface area contributed by atoms with Gasteiger partial charge in [0.1, 0.15) is 9.84 Å². The lowest BCUT2D eigenvalue weighted by Crippen LogP contribution is -2.24. The van der Waals surface area contributed by atoms with Crippen LogP contribution in [-0.4, -0.2) is 44.5 Å². The number of hydrogen-bond acceptors (Lipinski definition) is 7. The van der Waals surface area contributed by atoms with E-state index in [0.29, 0.717) is 18.0 Å². The van der Waals surface area contributed by atoms with E-state index >= 15 is 0 Å². The molecule has 0 bridgehead atoms. The molecule has 108 valence electrons. The summed E-state index contributed by atoms with van der Waals surface area (Å²) in [6, 6.07) is -0.199. The number of rotatable bonds is 7. The third-order valence-electron chi connectivity index (χ3n) is 2.29. The van der Waals surface area contributed by atoms with E-state index in [4.69, 9.17) is 0 Å². The molecule has 1 unspecified atom stereocenters. The molecule has 0 fully saturated rings. The number of ether oxygens (including phenoxy) is 1. The van der Waals surface area contributed by atoms with Gasteiger partial charge >= 0.3 is 5.97 Å². The van der Waals surface area contributed by atoms with Gasteiger partial charge in [-0.3, -0.25) is 4.79 Å². The summed E-state index contributed by atoms with van der Waals surface area (Å²) < 4.78 is 26.8. The van der Waals surface area contributed by atoms with Gasteiger partial charge in [0.2, 0.25) is 0 Å². The fourth-order valence-electron chi connectivity index (χ4n) is 1.53. The Balaban J connectivity index is 2.48. The Morgan fingerprint density at radius 1 is 1.58 bits per heavy atom. The van der Waals surface area contributed by atoms with E-state index in [0.717, 1.165) is 5.69 Å². The van der Waals surface area contributed by atoms with E-state index in [9.17, 15) is 13.2 Å². The van der Waals surface area contributed by atoms with Crippen molar-refractivity contribution >= 4 is 32.3 Å². The van der Waals surface area contributed by atoms with Crippen molar-refractivity contribution in [2.45, 2.75) is 25.8 Å². The lowest BCUT2D eigenvalue weighted by molar-refractivity contribution is -0.140. The molecule has 0 aliphatic rings. The highest BCUT2D eigenvalue weighted by Gasteiger charge is 2.12. The van der Waals surface area contributed by atoms with Crippen LogP contribution in [0.5, 0.6) is 0 Å². The van der Waals surface area contributed by atoms with Crippen LogP contribution in [0.4, 0.5) is 5.13 Å². The number of sulfone groups is 1. The van der Waals surface area contributed by atoms with E-state index in [1.807, 2.05) is 5.38 Å². The van der Waals surface area contributed by atoms with Gasteiger partial charge in [-0.2, -0.15) is 0 Å². The van der Waals surface area contributed by atoms with Gasteiger partial charge < -0.3 is 10.1 Å². The summed E-state index contributed by atoms with van der Waals surface area (Å²) in [7, 11) is -1.66. The van der Waals surface area contributed by atoms with Crippen LogP contribution in [0.1, 0.15) is 19.0 Å². The molecule has 1 N–H and O–H groups in total. The molecule has 0 saturated heterocycles. The molecule has 0 radical (unpaired) electrons. The van der Waals surface area contributed by atoms with E-state index < -0.39 is 9.84 Å². The molecule has 1 heterocycles. The van der Waals surface area contributed by atoms with Crippen LogP contribution in [0.3, 0.4) is 0 Å². The number of anilines is 1. The van der Waals surface area contributed by atoms with Crippen molar-refractivity contribution in [3.63, 3.8) is 0 Å². The zero-order valence-corrected chi connectivity index (χ0v) is 12.8. The highest BCUT2D eigenvalue weighted by atomic mass is 32.2. The Labute approximate surface area is 117 Å². The fraction of sp³-hybridized carbons (Fsp3) is 0.636. The summed E-state index contributed by atoms with van der Waals surface area (Å²) in [4.78, 5) is 15.3. The first-order chi connectivity index (χ1) is 8.80. The third-order valence-corrected chi connectivity index (χ3v) is 4.22. The van der Waals surface area contributed by atoms with Gasteiger partial charge in [0.05, 0.1) is 25.0 Å². The van der Waals surface area contributed by atoms with Gasteiger partial charge in [-0.05, 0) is 6.92 Å². The number of carbonyl (C=O) groups excluding carboxylic acids is 1. The molecule has 1 aromatic rings. The molecule has 19 heavy (non-hydrogen) atoms. The molecular weight excluding hydrogens is 288 g/mol. The molecule has 1 atom stereocenters. The Morgan fingerprint density at radius 3 is 2.84 bits per heavy atom. The van der Waals surface area contributed by atoms with Crippen LogP contribution in [0.2, 0.25) is 0 Å². The summed E-state index contributed by atoms with van der Waals surface area (Å²) in [6.45, 7) is 1.79. The first-order valence-corrected chi connectivity index (χ1v) is 8.69. The molecule has 0 saturated carbocycles. The normalized spacial score (nSPS) is 13.0. The van der Waals surface area contributed by atoms with Gasteiger partial charge in [0, 0.05) is 24.1 Å². The minimum atomic E-state index is -3.01. The highest BCUT2D eigenvalue weighted by Crippen LogP contribution is 2.17. The zero-order valence-electron chi connectivity index (χ0n) is 11.2. The van der Waals surface area contributed by atoms with Crippen molar-refractivity contribution < 1.29 is 17.9 Å². The molecule has 0 spiro atoms. The first-order valence-electron chi connectivity index (χ1n) is 5.75. The van der Waals surface area contributed by atoms with E-state index in [1.54, 1.807) is 6.92 Å². The van der Waals surface area contributed by atoms with Gasteiger partial charge in [0.15, 0.2) is 5.13 Å². The smallest absolute Gasteiger partial charge is 0.305 e.